The number of carbonyl (C=O) groups is 1. The van der Waals surface area contributed by atoms with E-state index in [1.165, 1.54) is 5.56 Å². The third-order valence-corrected chi connectivity index (χ3v) is 3.95. The zero-order chi connectivity index (χ0) is 15.5. The predicted octanol–water partition coefficient (Wildman–Crippen LogP) is 3.76. The van der Waals surface area contributed by atoms with Gasteiger partial charge in [0.25, 0.3) is 0 Å². The molecule has 0 bridgehead atoms. The van der Waals surface area contributed by atoms with E-state index in [9.17, 15) is 4.79 Å². The van der Waals surface area contributed by atoms with Crippen molar-refractivity contribution in [2.45, 2.75) is 12.8 Å². The van der Waals surface area contributed by atoms with Crippen LogP contribution in [0.15, 0.2) is 42.5 Å². The van der Waals surface area contributed by atoms with Crippen LogP contribution in [0.4, 0.5) is 0 Å². The SMILES string of the molecule is COc1ccc(/C=C2/C(=O)CCc3cc(OC)ccc32)cc1. The Labute approximate surface area is 130 Å². The van der Waals surface area contributed by atoms with Crippen LogP contribution in [-0.2, 0) is 11.2 Å². The smallest absolute Gasteiger partial charge is 0.163 e. The molecular weight excluding hydrogens is 276 g/mol. The molecule has 3 rings (SSSR count). The molecule has 0 saturated heterocycles. The second-order valence-corrected chi connectivity index (χ2v) is 5.28. The maximum absolute atomic E-state index is 12.3. The Balaban J connectivity index is 2.02. The average molecular weight is 294 g/mol. The van der Waals surface area contributed by atoms with Crippen molar-refractivity contribution in [1.29, 1.82) is 0 Å². The Kier molecular flexibility index (Phi) is 3.96. The summed E-state index contributed by atoms with van der Waals surface area (Å²) in [5.41, 5.74) is 3.94. The van der Waals surface area contributed by atoms with E-state index in [-0.39, 0.29) is 5.78 Å². The molecule has 0 fully saturated rings. The topological polar surface area (TPSA) is 35.5 Å². The Morgan fingerprint density at radius 3 is 2.27 bits per heavy atom. The first-order valence-electron chi connectivity index (χ1n) is 7.27. The number of allylic oxidation sites excluding steroid dienone is 1. The molecule has 0 saturated carbocycles. The van der Waals surface area contributed by atoms with E-state index in [2.05, 4.69) is 0 Å². The van der Waals surface area contributed by atoms with Gasteiger partial charge in [-0.1, -0.05) is 18.2 Å². The van der Waals surface area contributed by atoms with E-state index in [0.717, 1.165) is 34.6 Å². The lowest BCUT2D eigenvalue weighted by atomic mass is 9.85. The fraction of sp³-hybridized carbons (Fsp3) is 0.211. The predicted molar refractivity (Wildman–Crippen MR) is 87.2 cm³/mol. The van der Waals surface area contributed by atoms with E-state index < -0.39 is 0 Å². The minimum absolute atomic E-state index is 0.188. The van der Waals surface area contributed by atoms with Gasteiger partial charge in [0.05, 0.1) is 14.2 Å². The monoisotopic (exact) mass is 294 g/mol. The summed E-state index contributed by atoms with van der Waals surface area (Å²) in [6, 6.07) is 13.6. The van der Waals surface area contributed by atoms with Gasteiger partial charge < -0.3 is 9.47 Å². The minimum Gasteiger partial charge on any atom is -0.497 e. The molecule has 2 aromatic rings. The number of ketones is 1. The highest BCUT2D eigenvalue weighted by Crippen LogP contribution is 2.32. The van der Waals surface area contributed by atoms with Gasteiger partial charge in [0, 0.05) is 12.0 Å². The van der Waals surface area contributed by atoms with Crippen molar-refractivity contribution in [2.75, 3.05) is 14.2 Å². The van der Waals surface area contributed by atoms with Gasteiger partial charge in [0.2, 0.25) is 0 Å². The van der Waals surface area contributed by atoms with Crippen LogP contribution >= 0.6 is 0 Å². The standard InChI is InChI=1S/C19H18O3/c1-21-15-6-3-13(4-7-15)11-18-17-9-8-16(22-2)12-14(17)5-10-19(18)20/h3-4,6-9,11-12H,5,10H2,1-2H3/b18-11+. The Bertz CT molecular complexity index is 727. The minimum atomic E-state index is 0.188. The third kappa shape index (κ3) is 2.75. The highest BCUT2D eigenvalue weighted by molar-refractivity contribution is 6.26. The van der Waals surface area contributed by atoms with Crippen molar-refractivity contribution in [3.05, 3.63) is 59.2 Å². The molecular formula is C19H18O3. The zero-order valence-electron chi connectivity index (χ0n) is 12.8. The van der Waals surface area contributed by atoms with Gasteiger partial charge in [-0.05, 0) is 53.5 Å². The first kappa shape index (κ1) is 14.4. The molecule has 0 heterocycles. The molecule has 0 unspecified atom stereocenters. The van der Waals surface area contributed by atoms with Crippen molar-refractivity contribution in [3.8, 4) is 11.5 Å². The van der Waals surface area contributed by atoms with Crippen molar-refractivity contribution in [2.24, 2.45) is 0 Å². The molecule has 112 valence electrons. The van der Waals surface area contributed by atoms with Gasteiger partial charge in [-0.15, -0.1) is 0 Å². The fourth-order valence-corrected chi connectivity index (χ4v) is 2.72. The lowest BCUT2D eigenvalue weighted by Crippen LogP contribution is -2.12. The molecule has 3 heteroatoms. The van der Waals surface area contributed by atoms with Crippen LogP contribution in [-0.4, -0.2) is 20.0 Å². The number of Topliss-reactive ketones (excluding diaryl/α,β-unsaturated/α-hetero) is 1. The van der Waals surface area contributed by atoms with Crippen LogP contribution < -0.4 is 9.47 Å². The van der Waals surface area contributed by atoms with Gasteiger partial charge in [-0.3, -0.25) is 4.79 Å². The van der Waals surface area contributed by atoms with Crippen LogP contribution in [0.5, 0.6) is 11.5 Å². The van der Waals surface area contributed by atoms with Crippen LogP contribution in [0.3, 0.4) is 0 Å². The Morgan fingerprint density at radius 2 is 1.59 bits per heavy atom. The summed E-state index contributed by atoms with van der Waals surface area (Å²) in [4.78, 5) is 12.3. The van der Waals surface area contributed by atoms with E-state index in [1.54, 1.807) is 14.2 Å². The van der Waals surface area contributed by atoms with Crippen LogP contribution in [0.2, 0.25) is 0 Å². The number of carbonyl (C=O) groups excluding carboxylic acids is 1. The first-order chi connectivity index (χ1) is 10.7. The first-order valence-corrected chi connectivity index (χ1v) is 7.27. The van der Waals surface area contributed by atoms with Gasteiger partial charge in [-0.25, -0.2) is 0 Å². The summed E-state index contributed by atoms with van der Waals surface area (Å²) in [5, 5.41) is 0. The summed E-state index contributed by atoms with van der Waals surface area (Å²) in [6.45, 7) is 0. The van der Waals surface area contributed by atoms with Crippen molar-refractivity contribution < 1.29 is 14.3 Å². The molecule has 0 aliphatic heterocycles. The van der Waals surface area contributed by atoms with E-state index in [4.69, 9.17) is 9.47 Å². The van der Waals surface area contributed by atoms with E-state index in [1.807, 2.05) is 48.5 Å². The Hall–Kier alpha value is -2.55. The molecule has 0 atom stereocenters. The molecule has 1 aliphatic rings. The van der Waals surface area contributed by atoms with Crippen LogP contribution in [0.25, 0.3) is 11.6 Å². The highest BCUT2D eigenvalue weighted by atomic mass is 16.5. The molecule has 3 nitrogen and oxygen atoms in total. The van der Waals surface area contributed by atoms with Gasteiger partial charge >= 0.3 is 0 Å². The summed E-state index contributed by atoms with van der Waals surface area (Å²) < 4.78 is 10.4. The lowest BCUT2D eigenvalue weighted by Gasteiger charge is -2.19. The molecule has 0 spiro atoms. The number of fused-ring (bicyclic) bond motifs is 1. The number of hydrogen-bond acceptors (Lipinski definition) is 3. The number of methoxy groups -OCH3 is 2. The number of hydrogen-bond donors (Lipinski definition) is 0. The molecule has 1 aliphatic carbocycles. The summed E-state index contributed by atoms with van der Waals surface area (Å²) in [6.07, 6.45) is 3.26. The summed E-state index contributed by atoms with van der Waals surface area (Å²) in [7, 11) is 3.30. The molecule has 22 heavy (non-hydrogen) atoms. The molecule has 2 aromatic carbocycles. The third-order valence-electron chi connectivity index (χ3n) is 3.95. The van der Waals surface area contributed by atoms with Gasteiger partial charge in [0.1, 0.15) is 11.5 Å². The maximum atomic E-state index is 12.3. The number of rotatable bonds is 3. The number of benzene rings is 2. The molecule has 0 N–H and O–H groups in total. The molecule has 0 amide bonds. The van der Waals surface area contributed by atoms with Crippen molar-refractivity contribution >= 4 is 17.4 Å². The lowest BCUT2D eigenvalue weighted by molar-refractivity contribution is -0.113. The van der Waals surface area contributed by atoms with Crippen molar-refractivity contribution in [1.82, 2.24) is 0 Å². The van der Waals surface area contributed by atoms with E-state index in [0.29, 0.717) is 6.42 Å². The largest absolute Gasteiger partial charge is 0.497 e. The van der Waals surface area contributed by atoms with Gasteiger partial charge in [-0.2, -0.15) is 0 Å². The quantitative estimate of drug-likeness (QED) is 0.809. The average Bonchev–Trinajstić information content (AvgIpc) is 2.57. The highest BCUT2D eigenvalue weighted by Gasteiger charge is 2.21. The summed E-state index contributed by atoms with van der Waals surface area (Å²) >= 11 is 0. The normalized spacial score (nSPS) is 15.5. The second kappa shape index (κ2) is 6.06. The molecule has 0 aromatic heterocycles. The number of aryl methyl sites for hydroxylation is 1. The van der Waals surface area contributed by atoms with Crippen LogP contribution in [0, 0.1) is 0 Å². The Morgan fingerprint density at radius 1 is 0.909 bits per heavy atom. The zero-order valence-corrected chi connectivity index (χ0v) is 12.8. The van der Waals surface area contributed by atoms with Crippen molar-refractivity contribution in [3.63, 3.8) is 0 Å². The second-order valence-electron chi connectivity index (χ2n) is 5.28. The maximum Gasteiger partial charge on any atom is 0.163 e. The summed E-state index contributed by atoms with van der Waals surface area (Å²) in [5.74, 6) is 1.83. The molecule has 0 radical (unpaired) electrons. The van der Waals surface area contributed by atoms with Gasteiger partial charge in [0.15, 0.2) is 5.78 Å². The fourth-order valence-electron chi connectivity index (χ4n) is 2.72. The van der Waals surface area contributed by atoms with Crippen LogP contribution in [0.1, 0.15) is 23.1 Å². The van der Waals surface area contributed by atoms with E-state index >= 15 is 0 Å². The number of ether oxygens (including phenoxy) is 2.